The quantitative estimate of drug-likeness (QED) is 0.341. The fraction of sp³-hybridized carbons (Fsp3) is 0.469. The van der Waals surface area contributed by atoms with Crippen molar-refractivity contribution in [1.29, 1.82) is 0 Å². The summed E-state index contributed by atoms with van der Waals surface area (Å²) < 4.78 is 53.9. The molecule has 2 saturated heterocycles. The van der Waals surface area contributed by atoms with Gasteiger partial charge in [-0.3, -0.25) is 14.6 Å². The Morgan fingerprint density at radius 2 is 1.74 bits per heavy atom. The Morgan fingerprint density at radius 3 is 2.36 bits per heavy atom. The number of hydrogen-bond acceptors (Lipinski definition) is 5. The number of nitrogens with zero attached hydrogens (tertiary/aromatic N) is 5. The molecule has 0 aliphatic carbocycles. The number of rotatable bonds is 6. The molecule has 0 radical (unpaired) electrons. The standard InChI is InChI=1S/C32H37F4N5O/c1-21-18-40(31(4)12-13-39(19-31)30(42)29-22(2)37-20-38-23(29)3)14-15-41(21)28(17-24-6-5-7-27(33)16-24)25-8-10-26(11-9-25)32(34,35)36/h5-11,16,20-21,28H,12-15,17-19H2,1-4H3/t21-,28+,31?/m0/s1. The van der Waals surface area contributed by atoms with Gasteiger partial charge in [0, 0.05) is 50.3 Å². The van der Waals surface area contributed by atoms with Gasteiger partial charge in [0.2, 0.25) is 0 Å². The van der Waals surface area contributed by atoms with Crippen molar-refractivity contribution < 1.29 is 22.4 Å². The molecule has 0 bridgehead atoms. The van der Waals surface area contributed by atoms with Gasteiger partial charge in [0.25, 0.3) is 5.91 Å². The Morgan fingerprint density at radius 1 is 1.05 bits per heavy atom. The van der Waals surface area contributed by atoms with Gasteiger partial charge in [-0.05, 0) is 75.9 Å². The molecule has 6 nitrogen and oxygen atoms in total. The zero-order chi connectivity index (χ0) is 30.2. The Kier molecular flexibility index (Phi) is 8.40. The van der Waals surface area contributed by atoms with Gasteiger partial charge in [-0.25, -0.2) is 14.4 Å². The highest BCUT2D eigenvalue weighted by molar-refractivity contribution is 5.96. The van der Waals surface area contributed by atoms with E-state index in [-0.39, 0.29) is 29.3 Å². The number of benzene rings is 2. The lowest BCUT2D eigenvalue weighted by atomic mass is 9.92. The third kappa shape index (κ3) is 6.20. The van der Waals surface area contributed by atoms with Crippen molar-refractivity contribution in [3.05, 3.63) is 94.3 Å². The summed E-state index contributed by atoms with van der Waals surface area (Å²) in [6.07, 6.45) is -1.62. The van der Waals surface area contributed by atoms with E-state index in [1.54, 1.807) is 18.2 Å². The molecule has 2 aliphatic rings. The van der Waals surface area contributed by atoms with Gasteiger partial charge in [0.05, 0.1) is 22.5 Å². The second-order valence-corrected chi connectivity index (χ2v) is 11.9. The minimum absolute atomic E-state index is 0.0431. The van der Waals surface area contributed by atoms with Gasteiger partial charge in [-0.15, -0.1) is 0 Å². The maximum atomic E-state index is 14.1. The summed E-state index contributed by atoms with van der Waals surface area (Å²) in [5.41, 5.74) is 2.59. The van der Waals surface area contributed by atoms with Crippen molar-refractivity contribution >= 4 is 5.91 Å². The molecule has 0 N–H and O–H groups in total. The van der Waals surface area contributed by atoms with E-state index < -0.39 is 11.7 Å². The fourth-order valence-electron chi connectivity index (χ4n) is 6.57. The second kappa shape index (κ2) is 11.7. The fourth-order valence-corrected chi connectivity index (χ4v) is 6.57. The lowest BCUT2D eigenvalue weighted by Crippen LogP contribution is -2.60. The first-order chi connectivity index (χ1) is 19.9. The molecule has 5 rings (SSSR count). The van der Waals surface area contributed by atoms with Crippen molar-refractivity contribution in [3.63, 3.8) is 0 Å². The van der Waals surface area contributed by atoms with Crippen molar-refractivity contribution in [2.24, 2.45) is 0 Å². The molecule has 42 heavy (non-hydrogen) atoms. The van der Waals surface area contributed by atoms with Crippen LogP contribution in [-0.4, -0.2) is 74.9 Å². The zero-order valence-electron chi connectivity index (χ0n) is 24.5. The number of halogens is 4. The molecule has 1 aromatic heterocycles. The minimum Gasteiger partial charge on any atom is -0.337 e. The molecule has 0 saturated carbocycles. The van der Waals surface area contributed by atoms with Crippen LogP contribution in [0.1, 0.15) is 64.7 Å². The molecule has 224 valence electrons. The van der Waals surface area contributed by atoms with Crippen LogP contribution in [0.4, 0.5) is 17.6 Å². The van der Waals surface area contributed by atoms with E-state index >= 15 is 0 Å². The van der Waals surface area contributed by atoms with E-state index in [2.05, 4.69) is 33.6 Å². The molecular weight excluding hydrogens is 546 g/mol. The maximum absolute atomic E-state index is 14.1. The van der Waals surface area contributed by atoms with Gasteiger partial charge >= 0.3 is 6.18 Å². The number of piperazine rings is 1. The monoisotopic (exact) mass is 583 g/mol. The summed E-state index contributed by atoms with van der Waals surface area (Å²) in [7, 11) is 0. The average Bonchev–Trinajstić information content (AvgIpc) is 3.35. The van der Waals surface area contributed by atoms with Gasteiger partial charge in [0.1, 0.15) is 12.1 Å². The summed E-state index contributed by atoms with van der Waals surface area (Å²) in [6.45, 7) is 11.4. The predicted octanol–water partition coefficient (Wildman–Crippen LogP) is 5.85. The number of amides is 1. The zero-order valence-corrected chi connectivity index (χ0v) is 24.5. The lowest BCUT2D eigenvalue weighted by Gasteiger charge is -2.49. The summed E-state index contributed by atoms with van der Waals surface area (Å²) in [5.74, 6) is -0.379. The van der Waals surface area contributed by atoms with E-state index in [0.29, 0.717) is 43.0 Å². The molecule has 3 aromatic rings. The Hall–Kier alpha value is -3.37. The number of carbonyl (C=O) groups is 1. The van der Waals surface area contributed by atoms with Crippen LogP contribution in [0, 0.1) is 19.7 Å². The molecule has 2 aliphatic heterocycles. The molecule has 3 atom stereocenters. The molecule has 0 spiro atoms. The third-order valence-corrected chi connectivity index (χ3v) is 8.96. The largest absolute Gasteiger partial charge is 0.416 e. The van der Waals surface area contributed by atoms with Gasteiger partial charge in [0.15, 0.2) is 0 Å². The van der Waals surface area contributed by atoms with Crippen molar-refractivity contribution in [2.75, 3.05) is 32.7 Å². The highest BCUT2D eigenvalue weighted by atomic mass is 19.4. The average molecular weight is 584 g/mol. The van der Waals surface area contributed by atoms with E-state index in [1.807, 2.05) is 24.8 Å². The highest BCUT2D eigenvalue weighted by Crippen LogP contribution is 2.36. The van der Waals surface area contributed by atoms with E-state index in [9.17, 15) is 22.4 Å². The molecule has 1 unspecified atom stereocenters. The van der Waals surface area contributed by atoms with Crippen molar-refractivity contribution in [1.82, 2.24) is 24.7 Å². The lowest BCUT2D eigenvalue weighted by molar-refractivity contribution is -0.137. The number of alkyl halides is 3. The smallest absolute Gasteiger partial charge is 0.337 e. The predicted molar refractivity (Wildman–Crippen MR) is 152 cm³/mol. The second-order valence-electron chi connectivity index (χ2n) is 11.9. The SMILES string of the molecule is Cc1ncnc(C)c1C(=O)N1CCC(C)(N2CCN([C@H](Cc3cccc(F)c3)c3ccc(C(F)(F)F)cc3)[C@@H](C)C2)C1. The number of aryl methyl sites for hydroxylation is 2. The topological polar surface area (TPSA) is 52.6 Å². The number of aromatic nitrogens is 2. The molecule has 2 aromatic carbocycles. The van der Waals surface area contributed by atoms with Crippen molar-refractivity contribution in [3.8, 4) is 0 Å². The summed E-state index contributed by atoms with van der Waals surface area (Å²) in [5, 5.41) is 0. The number of carbonyl (C=O) groups excluding carboxylic acids is 1. The van der Waals surface area contributed by atoms with Gasteiger partial charge in [-0.2, -0.15) is 13.2 Å². The molecule has 10 heteroatoms. The summed E-state index contributed by atoms with van der Waals surface area (Å²) in [4.78, 5) is 28.5. The molecule has 1 amide bonds. The first-order valence-corrected chi connectivity index (χ1v) is 14.4. The summed E-state index contributed by atoms with van der Waals surface area (Å²) >= 11 is 0. The van der Waals surface area contributed by atoms with E-state index in [4.69, 9.17) is 0 Å². The van der Waals surface area contributed by atoms with Crippen LogP contribution in [0.3, 0.4) is 0 Å². The first-order valence-electron chi connectivity index (χ1n) is 14.4. The van der Waals surface area contributed by atoms with Crippen LogP contribution in [-0.2, 0) is 12.6 Å². The number of likely N-dealkylation sites (tertiary alicyclic amines) is 1. The highest BCUT2D eigenvalue weighted by Gasteiger charge is 2.44. The van der Waals surface area contributed by atoms with Gasteiger partial charge in [-0.1, -0.05) is 24.3 Å². The van der Waals surface area contributed by atoms with Gasteiger partial charge < -0.3 is 4.90 Å². The Bertz CT molecular complexity index is 1410. The normalized spacial score (nSPS) is 22.9. The summed E-state index contributed by atoms with van der Waals surface area (Å²) in [6, 6.07) is 11.6. The Balaban J connectivity index is 1.33. The van der Waals surface area contributed by atoms with Crippen LogP contribution >= 0.6 is 0 Å². The van der Waals surface area contributed by atoms with Crippen LogP contribution in [0.15, 0.2) is 54.9 Å². The van der Waals surface area contributed by atoms with E-state index in [0.717, 1.165) is 42.8 Å². The van der Waals surface area contributed by atoms with Crippen molar-refractivity contribution in [2.45, 2.75) is 64.3 Å². The van der Waals surface area contributed by atoms with E-state index in [1.165, 1.54) is 18.5 Å². The third-order valence-electron chi connectivity index (χ3n) is 8.96. The van der Waals surface area contributed by atoms with Crippen LogP contribution in [0.25, 0.3) is 0 Å². The number of hydrogen-bond donors (Lipinski definition) is 0. The minimum atomic E-state index is -4.41. The maximum Gasteiger partial charge on any atom is 0.416 e. The van der Waals surface area contributed by atoms with Crippen LogP contribution in [0.2, 0.25) is 0 Å². The molecule has 2 fully saturated rings. The van der Waals surface area contributed by atoms with Crippen LogP contribution in [0.5, 0.6) is 0 Å². The Labute approximate surface area is 244 Å². The van der Waals surface area contributed by atoms with Crippen LogP contribution < -0.4 is 0 Å². The molecule has 3 heterocycles. The molecular formula is C32H37F4N5O. The first kappa shape index (κ1) is 30.1.